The first-order valence-electron chi connectivity index (χ1n) is 10.1. The normalized spacial score (nSPS) is 18.3. The third kappa shape index (κ3) is 6.53. The molecule has 1 fully saturated rings. The number of ether oxygens (including phenoxy) is 2. The third-order valence-corrected chi connectivity index (χ3v) is 5.24. The Bertz CT molecular complexity index is 902. The van der Waals surface area contributed by atoms with Crippen molar-refractivity contribution in [2.45, 2.75) is 25.2 Å². The van der Waals surface area contributed by atoms with Gasteiger partial charge in [-0.1, -0.05) is 30.3 Å². The molecule has 164 valence electrons. The molecule has 2 aromatic carbocycles. The zero-order valence-corrected chi connectivity index (χ0v) is 16.9. The minimum absolute atomic E-state index is 0.0234. The van der Waals surface area contributed by atoms with E-state index in [9.17, 15) is 18.8 Å². The van der Waals surface area contributed by atoms with Gasteiger partial charge >= 0.3 is 18.0 Å². The average Bonchev–Trinajstić information content (AvgIpc) is 2.77. The molecular formula is C23H24FNO6. The van der Waals surface area contributed by atoms with E-state index in [1.54, 1.807) is 41.3 Å². The number of para-hydroxylation sites is 1. The number of hydrogen-bond donors (Lipinski definition) is 1. The van der Waals surface area contributed by atoms with Crippen molar-refractivity contribution in [1.82, 2.24) is 4.90 Å². The summed E-state index contributed by atoms with van der Waals surface area (Å²) in [6, 6.07) is 14.9. The summed E-state index contributed by atoms with van der Waals surface area (Å²) < 4.78 is 24.1. The van der Waals surface area contributed by atoms with Gasteiger partial charge in [0, 0.05) is 19.0 Å². The molecule has 3 rings (SSSR count). The summed E-state index contributed by atoms with van der Waals surface area (Å²) in [5, 5.41) is 8.71. The molecule has 1 aliphatic heterocycles. The van der Waals surface area contributed by atoms with Crippen LogP contribution in [0.5, 0.6) is 5.75 Å². The SMILES string of the molecule is O=C(O)CCC(=O)OC[C@H]1CN(C(=O)Oc2ccccc2)CC[C@@H]1c1ccc(F)cc1. The van der Waals surface area contributed by atoms with E-state index in [-0.39, 0.29) is 37.1 Å². The van der Waals surface area contributed by atoms with Gasteiger partial charge in [-0.05, 0) is 42.2 Å². The molecular weight excluding hydrogens is 405 g/mol. The number of carboxylic acids is 1. The van der Waals surface area contributed by atoms with Crippen LogP contribution in [-0.4, -0.2) is 47.7 Å². The first-order valence-corrected chi connectivity index (χ1v) is 10.1. The second-order valence-corrected chi connectivity index (χ2v) is 7.41. The highest BCUT2D eigenvalue weighted by Gasteiger charge is 2.34. The molecule has 2 atom stereocenters. The topological polar surface area (TPSA) is 93.1 Å². The Morgan fingerprint density at radius 2 is 1.74 bits per heavy atom. The number of benzene rings is 2. The Balaban J connectivity index is 1.67. The molecule has 1 heterocycles. The molecule has 0 spiro atoms. The maximum Gasteiger partial charge on any atom is 0.415 e. The van der Waals surface area contributed by atoms with Crippen molar-refractivity contribution in [3.63, 3.8) is 0 Å². The zero-order chi connectivity index (χ0) is 22.2. The summed E-state index contributed by atoms with van der Waals surface area (Å²) in [4.78, 5) is 36.7. The first kappa shape index (κ1) is 22.3. The number of halogens is 1. The second kappa shape index (κ2) is 10.6. The molecule has 1 aliphatic rings. The smallest absolute Gasteiger partial charge is 0.415 e. The lowest BCUT2D eigenvalue weighted by molar-refractivity contribution is -0.149. The third-order valence-electron chi connectivity index (χ3n) is 5.24. The number of carboxylic acid groups (broad SMARTS) is 1. The fourth-order valence-corrected chi connectivity index (χ4v) is 3.65. The largest absolute Gasteiger partial charge is 0.481 e. The van der Waals surface area contributed by atoms with Gasteiger partial charge in [0.25, 0.3) is 0 Å². The number of hydrogen-bond acceptors (Lipinski definition) is 5. The van der Waals surface area contributed by atoms with Crippen molar-refractivity contribution in [1.29, 1.82) is 0 Å². The number of piperidine rings is 1. The van der Waals surface area contributed by atoms with Gasteiger partial charge in [-0.2, -0.15) is 0 Å². The monoisotopic (exact) mass is 429 g/mol. The minimum atomic E-state index is -1.08. The van der Waals surface area contributed by atoms with Gasteiger partial charge < -0.3 is 19.5 Å². The fraction of sp³-hybridized carbons (Fsp3) is 0.348. The Labute approximate surface area is 179 Å². The molecule has 0 radical (unpaired) electrons. The van der Waals surface area contributed by atoms with Crippen molar-refractivity contribution in [3.05, 3.63) is 66.0 Å². The number of likely N-dealkylation sites (tertiary alicyclic amines) is 1. The first-order chi connectivity index (χ1) is 14.9. The molecule has 7 nitrogen and oxygen atoms in total. The quantitative estimate of drug-likeness (QED) is 0.673. The van der Waals surface area contributed by atoms with Crippen LogP contribution in [0.15, 0.2) is 54.6 Å². The van der Waals surface area contributed by atoms with Crippen LogP contribution in [0.2, 0.25) is 0 Å². The van der Waals surface area contributed by atoms with Crippen molar-refractivity contribution < 1.29 is 33.4 Å². The Hall–Kier alpha value is -3.42. The summed E-state index contributed by atoms with van der Waals surface area (Å²) in [7, 11) is 0. The summed E-state index contributed by atoms with van der Waals surface area (Å²) in [5.74, 6) is -1.88. The molecule has 1 saturated heterocycles. The average molecular weight is 429 g/mol. The second-order valence-electron chi connectivity index (χ2n) is 7.41. The van der Waals surface area contributed by atoms with Crippen LogP contribution in [0, 0.1) is 11.7 Å². The van der Waals surface area contributed by atoms with Crippen molar-refractivity contribution in [3.8, 4) is 5.75 Å². The standard InChI is InChI=1S/C23H24FNO6/c24-18-8-6-16(7-9-18)20-12-13-25(23(29)31-19-4-2-1-3-5-19)14-17(20)15-30-22(28)11-10-21(26)27/h1-9,17,20H,10-15H2,(H,26,27)/t17-,20-/m1/s1. The Kier molecular flexibility index (Phi) is 7.59. The molecule has 1 amide bonds. The van der Waals surface area contributed by atoms with Crippen LogP contribution < -0.4 is 4.74 Å². The van der Waals surface area contributed by atoms with E-state index in [0.29, 0.717) is 25.3 Å². The molecule has 0 bridgehead atoms. The van der Waals surface area contributed by atoms with E-state index in [1.807, 2.05) is 6.07 Å². The lowest BCUT2D eigenvalue weighted by atomic mass is 9.81. The van der Waals surface area contributed by atoms with Gasteiger partial charge in [0.05, 0.1) is 19.4 Å². The van der Waals surface area contributed by atoms with E-state index < -0.39 is 18.0 Å². The molecule has 0 unspecified atom stereocenters. The highest BCUT2D eigenvalue weighted by Crippen LogP contribution is 2.34. The number of carbonyl (C=O) groups is 3. The lowest BCUT2D eigenvalue weighted by Crippen LogP contribution is -2.45. The number of esters is 1. The van der Waals surface area contributed by atoms with Gasteiger partial charge in [0.15, 0.2) is 0 Å². The number of rotatable bonds is 7. The molecule has 2 aromatic rings. The van der Waals surface area contributed by atoms with E-state index >= 15 is 0 Å². The van der Waals surface area contributed by atoms with Crippen LogP contribution in [0.3, 0.4) is 0 Å². The van der Waals surface area contributed by atoms with Crippen LogP contribution >= 0.6 is 0 Å². The van der Waals surface area contributed by atoms with E-state index in [1.165, 1.54) is 12.1 Å². The van der Waals surface area contributed by atoms with Gasteiger partial charge in [-0.3, -0.25) is 9.59 Å². The number of carbonyl (C=O) groups excluding carboxylic acids is 2. The molecule has 31 heavy (non-hydrogen) atoms. The predicted molar refractivity (Wildman–Crippen MR) is 109 cm³/mol. The summed E-state index contributed by atoms with van der Waals surface area (Å²) >= 11 is 0. The summed E-state index contributed by atoms with van der Waals surface area (Å²) in [6.07, 6.45) is -0.429. The molecule has 0 aromatic heterocycles. The fourth-order valence-electron chi connectivity index (χ4n) is 3.65. The van der Waals surface area contributed by atoms with E-state index in [0.717, 1.165) is 5.56 Å². The number of aliphatic carboxylic acids is 1. The highest BCUT2D eigenvalue weighted by atomic mass is 19.1. The van der Waals surface area contributed by atoms with Crippen molar-refractivity contribution >= 4 is 18.0 Å². The van der Waals surface area contributed by atoms with Crippen LogP contribution in [0.25, 0.3) is 0 Å². The summed E-state index contributed by atoms with van der Waals surface area (Å²) in [6.45, 7) is 0.757. The Morgan fingerprint density at radius 1 is 1.03 bits per heavy atom. The van der Waals surface area contributed by atoms with Crippen LogP contribution in [0.4, 0.5) is 9.18 Å². The van der Waals surface area contributed by atoms with E-state index in [2.05, 4.69) is 0 Å². The maximum atomic E-state index is 13.3. The Morgan fingerprint density at radius 3 is 2.42 bits per heavy atom. The molecule has 0 aliphatic carbocycles. The van der Waals surface area contributed by atoms with Crippen molar-refractivity contribution in [2.75, 3.05) is 19.7 Å². The predicted octanol–water partition coefficient (Wildman–Crippen LogP) is 3.84. The minimum Gasteiger partial charge on any atom is -0.481 e. The lowest BCUT2D eigenvalue weighted by Gasteiger charge is -2.38. The number of amides is 1. The van der Waals surface area contributed by atoms with Crippen LogP contribution in [0.1, 0.15) is 30.7 Å². The summed E-state index contributed by atoms with van der Waals surface area (Å²) in [5.41, 5.74) is 0.893. The van der Waals surface area contributed by atoms with Gasteiger partial charge in [-0.25, -0.2) is 9.18 Å². The maximum absolute atomic E-state index is 13.3. The number of nitrogens with zero attached hydrogens (tertiary/aromatic N) is 1. The molecule has 1 N–H and O–H groups in total. The van der Waals surface area contributed by atoms with E-state index in [4.69, 9.17) is 14.6 Å². The molecule has 8 heteroatoms. The van der Waals surface area contributed by atoms with Crippen LogP contribution in [-0.2, 0) is 14.3 Å². The molecule has 0 saturated carbocycles. The van der Waals surface area contributed by atoms with Gasteiger partial charge in [0.2, 0.25) is 0 Å². The zero-order valence-electron chi connectivity index (χ0n) is 16.9. The van der Waals surface area contributed by atoms with Crippen molar-refractivity contribution in [2.24, 2.45) is 5.92 Å². The highest BCUT2D eigenvalue weighted by molar-refractivity contribution is 5.76. The van der Waals surface area contributed by atoms with Gasteiger partial charge in [-0.15, -0.1) is 0 Å². The van der Waals surface area contributed by atoms with Gasteiger partial charge in [0.1, 0.15) is 11.6 Å².